The molecule has 122 valence electrons. The monoisotopic (exact) mass is 323 g/mol. The number of esters is 3. The van der Waals surface area contributed by atoms with Crippen molar-refractivity contribution in [1.29, 1.82) is 0 Å². The number of carbonyl (C=O) groups is 3. The summed E-state index contributed by atoms with van der Waals surface area (Å²) in [6.07, 6.45) is 1.03. The van der Waals surface area contributed by atoms with E-state index < -0.39 is 29.5 Å². The van der Waals surface area contributed by atoms with Gasteiger partial charge in [-0.15, -0.1) is 0 Å². The van der Waals surface area contributed by atoms with E-state index in [1.807, 2.05) is 0 Å². The van der Waals surface area contributed by atoms with Crippen LogP contribution in [0.4, 0.5) is 10.1 Å². The Morgan fingerprint density at radius 3 is 2.43 bits per heavy atom. The Hall–Kier alpha value is -2.90. The van der Waals surface area contributed by atoms with Crippen molar-refractivity contribution in [2.45, 2.75) is 19.6 Å². The number of benzene rings is 1. The second-order valence-electron chi connectivity index (χ2n) is 5.06. The largest absolute Gasteiger partial charge is 0.465 e. The van der Waals surface area contributed by atoms with E-state index in [2.05, 4.69) is 10.1 Å². The molecule has 0 saturated carbocycles. The molecule has 1 aromatic rings. The highest BCUT2D eigenvalue weighted by atomic mass is 19.1. The van der Waals surface area contributed by atoms with Crippen molar-refractivity contribution in [3.63, 3.8) is 0 Å². The van der Waals surface area contributed by atoms with Crippen LogP contribution in [0.5, 0.6) is 0 Å². The van der Waals surface area contributed by atoms with Crippen molar-refractivity contribution in [3.05, 3.63) is 41.4 Å². The van der Waals surface area contributed by atoms with Gasteiger partial charge in [0.25, 0.3) is 5.79 Å². The minimum absolute atomic E-state index is 0.0952. The Morgan fingerprint density at radius 2 is 1.87 bits per heavy atom. The van der Waals surface area contributed by atoms with E-state index >= 15 is 0 Å². The first kappa shape index (κ1) is 16.5. The summed E-state index contributed by atoms with van der Waals surface area (Å²) >= 11 is 0. The SMILES string of the molecule is COC(=O)c1cc(F)ccc1NC=C1C(=O)OC(C)(C)OC1=O. The number of rotatable bonds is 3. The van der Waals surface area contributed by atoms with E-state index in [-0.39, 0.29) is 16.8 Å². The molecule has 1 aromatic carbocycles. The summed E-state index contributed by atoms with van der Waals surface area (Å²) in [5.74, 6) is -4.51. The zero-order chi connectivity index (χ0) is 17.2. The van der Waals surface area contributed by atoms with Crippen LogP contribution in [0, 0.1) is 5.82 Å². The number of carbonyl (C=O) groups excluding carboxylic acids is 3. The van der Waals surface area contributed by atoms with Crippen molar-refractivity contribution in [2.24, 2.45) is 0 Å². The summed E-state index contributed by atoms with van der Waals surface area (Å²) in [4.78, 5) is 35.2. The van der Waals surface area contributed by atoms with Crippen LogP contribution in [0.1, 0.15) is 24.2 Å². The van der Waals surface area contributed by atoms with Gasteiger partial charge in [0.2, 0.25) is 0 Å². The Balaban J connectivity index is 2.28. The van der Waals surface area contributed by atoms with E-state index in [1.54, 1.807) is 0 Å². The van der Waals surface area contributed by atoms with Gasteiger partial charge in [0.1, 0.15) is 5.82 Å². The lowest BCUT2D eigenvalue weighted by Gasteiger charge is -2.29. The molecule has 0 aromatic heterocycles. The average molecular weight is 323 g/mol. The van der Waals surface area contributed by atoms with Gasteiger partial charge < -0.3 is 19.5 Å². The standard InChI is InChI=1S/C15H14FNO6/c1-15(2)22-13(19)10(14(20)23-15)7-17-11-5-4-8(16)6-9(11)12(18)21-3/h4-7,17H,1-3H3. The molecule has 1 saturated heterocycles. The fourth-order valence-corrected chi connectivity index (χ4v) is 1.85. The molecule has 1 heterocycles. The van der Waals surface area contributed by atoms with Gasteiger partial charge in [0.15, 0.2) is 5.57 Å². The van der Waals surface area contributed by atoms with E-state index in [0.29, 0.717) is 0 Å². The molecular formula is C15H14FNO6. The van der Waals surface area contributed by atoms with Crippen molar-refractivity contribution < 1.29 is 33.0 Å². The summed E-state index contributed by atoms with van der Waals surface area (Å²) in [7, 11) is 1.15. The van der Waals surface area contributed by atoms with Crippen LogP contribution in [0.3, 0.4) is 0 Å². The molecule has 0 radical (unpaired) electrons. The van der Waals surface area contributed by atoms with Crippen LogP contribution >= 0.6 is 0 Å². The first-order valence-electron chi connectivity index (χ1n) is 6.55. The van der Waals surface area contributed by atoms with Crippen molar-refractivity contribution in [1.82, 2.24) is 0 Å². The van der Waals surface area contributed by atoms with Crippen molar-refractivity contribution in [3.8, 4) is 0 Å². The number of ether oxygens (including phenoxy) is 3. The highest BCUT2D eigenvalue weighted by molar-refractivity contribution is 6.15. The molecule has 0 bridgehead atoms. The molecule has 1 N–H and O–H groups in total. The average Bonchev–Trinajstić information content (AvgIpc) is 2.45. The molecule has 7 nitrogen and oxygen atoms in total. The van der Waals surface area contributed by atoms with Gasteiger partial charge in [-0.25, -0.2) is 18.8 Å². The molecular weight excluding hydrogens is 309 g/mol. The van der Waals surface area contributed by atoms with Gasteiger partial charge in [0.05, 0.1) is 18.4 Å². The Kier molecular flexibility index (Phi) is 4.35. The molecule has 0 spiro atoms. The lowest BCUT2D eigenvalue weighted by molar-refractivity contribution is -0.222. The number of hydrogen-bond donors (Lipinski definition) is 1. The van der Waals surface area contributed by atoms with Gasteiger partial charge in [-0.3, -0.25) is 0 Å². The van der Waals surface area contributed by atoms with Crippen molar-refractivity contribution in [2.75, 3.05) is 12.4 Å². The van der Waals surface area contributed by atoms with Gasteiger partial charge in [0, 0.05) is 20.0 Å². The molecule has 23 heavy (non-hydrogen) atoms. The number of cyclic esters (lactones) is 2. The Morgan fingerprint density at radius 1 is 1.26 bits per heavy atom. The molecule has 0 amide bonds. The fraction of sp³-hybridized carbons (Fsp3) is 0.267. The minimum Gasteiger partial charge on any atom is -0.465 e. The molecule has 1 fully saturated rings. The third-order valence-corrected chi connectivity index (χ3v) is 2.88. The molecule has 8 heteroatoms. The van der Waals surface area contributed by atoms with E-state index in [9.17, 15) is 18.8 Å². The normalized spacial score (nSPS) is 16.3. The second-order valence-corrected chi connectivity index (χ2v) is 5.06. The lowest BCUT2D eigenvalue weighted by atomic mass is 10.1. The summed E-state index contributed by atoms with van der Waals surface area (Å²) in [6, 6.07) is 3.34. The van der Waals surface area contributed by atoms with E-state index in [0.717, 1.165) is 25.4 Å². The van der Waals surface area contributed by atoms with Gasteiger partial charge >= 0.3 is 17.9 Å². The Bertz CT molecular complexity index is 688. The van der Waals surface area contributed by atoms with Crippen LogP contribution in [0.15, 0.2) is 30.0 Å². The smallest absolute Gasteiger partial charge is 0.350 e. The van der Waals surface area contributed by atoms with Gasteiger partial charge in [-0.05, 0) is 18.2 Å². The van der Waals surface area contributed by atoms with E-state index in [4.69, 9.17) is 9.47 Å². The van der Waals surface area contributed by atoms with Crippen LogP contribution in [0.2, 0.25) is 0 Å². The molecule has 2 rings (SSSR count). The number of nitrogens with one attached hydrogen (secondary N) is 1. The zero-order valence-corrected chi connectivity index (χ0v) is 12.6. The second kappa shape index (κ2) is 6.07. The maximum Gasteiger partial charge on any atom is 0.350 e. The first-order chi connectivity index (χ1) is 10.7. The highest BCUT2D eigenvalue weighted by Crippen LogP contribution is 2.23. The third-order valence-electron chi connectivity index (χ3n) is 2.88. The fourth-order valence-electron chi connectivity index (χ4n) is 1.85. The summed E-state index contributed by atoms with van der Waals surface area (Å²) in [5.41, 5.74) is -0.331. The topological polar surface area (TPSA) is 90.9 Å². The predicted molar refractivity (Wildman–Crippen MR) is 75.7 cm³/mol. The molecule has 0 atom stereocenters. The van der Waals surface area contributed by atoms with Crippen LogP contribution < -0.4 is 5.32 Å². The lowest BCUT2D eigenvalue weighted by Crippen LogP contribution is -2.42. The molecule has 0 unspecified atom stereocenters. The minimum atomic E-state index is -1.35. The predicted octanol–water partition coefficient (Wildman–Crippen LogP) is 1.74. The Labute approximate surface area is 131 Å². The first-order valence-corrected chi connectivity index (χ1v) is 6.55. The summed E-state index contributed by atoms with van der Waals surface area (Å²) in [6.45, 7) is 2.84. The number of methoxy groups -OCH3 is 1. The van der Waals surface area contributed by atoms with Gasteiger partial charge in [-0.1, -0.05) is 0 Å². The van der Waals surface area contributed by atoms with Crippen LogP contribution in [-0.2, 0) is 23.8 Å². The van der Waals surface area contributed by atoms with Gasteiger partial charge in [-0.2, -0.15) is 0 Å². The molecule has 1 aliphatic rings. The molecule has 0 aliphatic carbocycles. The summed E-state index contributed by atoms with van der Waals surface area (Å²) < 4.78 is 27.6. The third kappa shape index (κ3) is 3.65. The highest BCUT2D eigenvalue weighted by Gasteiger charge is 2.39. The maximum absolute atomic E-state index is 13.2. The van der Waals surface area contributed by atoms with Crippen molar-refractivity contribution >= 4 is 23.6 Å². The van der Waals surface area contributed by atoms with E-state index in [1.165, 1.54) is 19.9 Å². The molecule has 1 aliphatic heterocycles. The zero-order valence-electron chi connectivity index (χ0n) is 12.6. The number of anilines is 1. The number of hydrogen-bond acceptors (Lipinski definition) is 7. The summed E-state index contributed by atoms with van der Waals surface area (Å²) in [5, 5.41) is 2.58. The maximum atomic E-state index is 13.2. The quantitative estimate of drug-likeness (QED) is 0.515. The van der Waals surface area contributed by atoms with Crippen LogP contribution in [0.25, 0.3) is 0 Å². The van der Waals surface area contributed by atoms with Crippen LogP contribution in [-0.4, -0.2) is 30.8 Å². The number of halogens is 1.